The lowest BCUT2D eigenvalue weighted by Crippen LogP contribution is -2.38. The second kappa shape index (κ2) is 6.97. The molecule has 1 rings (SSSR count). The molecule has 0 saturated carbocycles. The van der Waals surface area contributed by atoms with Gasteiger partial charge in [-0.2, -0.15) is 0 Å². The van der Waals surface area contributed by atoms with Crippen LogP contribution in [0.1, 0.15) is 27.2 Å². The van der Waals surface area contributed by atoms with Crippen LogP contribution in [0.15, 0.2) is 24.3 Å². The van der Waals surface area contributed by atoms with Gasteiger partial charge in [0.2, 0.25) is 0 Å². The highest BCUT2D eigenvalue weighted by atomic mass is 16.6. The number of carbonyl (C=O) groups excluding carboxylic acids is 2. The smallest absolute Gasteiger partial charge is 0.414 e. The summed E-state index contributed by atoms with van der Waals surface area (Å²) in [6.45, 7) is 5.52. The fraction of sp³-hybridized carbons (Fsp3) is 0.467. The number of anilines is 2. The molecule has 116 valence electrons. The normalized spacial score (nSPS) is 10.9. The van der Waals surface area contributed by atoms with Gasteiger partial charge in [-0.1, -0.05) is 0 Å². The van der Waals surface area contributed by atoms with E-state index in [4.69, 9.17) is 10.5 Å². The lowest BCUT2D eigenvalue weighted by Gasteiger charge is -2.27. The van der Waals surface area contributed by atoms with Crippen molar-refractivity contribution in [3.63, 3.8) is 0 Å². The van der Waals surface area contributed by atoms with E-state index in [1.165, 1.54) is 12.0 Å². The van der Waals surface area contributed by atoms with E-state index in [0.29, 0.717) is 11.4 Å². The largest absolute Gasteiger partial charge is 0.469 e. The number of hydrogen-bond donors (Lipinski definition) is 1. The summed E-state index contributed by atoms with van der Waals surface area (Å²) in [5.41, 5.74) is 6.23. The Kier molecular flexibility index (Phi) is 5.58. The molecule has 0 radical (unpaired) electrons. The quantitative estimate of drug-likeness (QED) is 0.681. The highest BCUT2D eigenvalue weighted by molar-refractivity contribution is 5.88. The second-order valence-corrected chi connectivity index (χ2v) is 5.55. The second-order valence-electron chi connectivity index (χ2n) is 5.55. The van der Waals surface area contributed by atoms with Crippen LogP contribution in [0.25, 0.3) is 0 Å². The van der Waals surface area contributed by atoms with Crippen molar-refractivity contribution in [3.8, 4) is 0 Å². The number of esters is 1. The van der Waals surface area contributed by atoms with Crippen molar-refractivity contribution in [2.45, 2.75) is 32.8 Å². The summed E-state index contributed by atoms with van der Waals surface area (Å²) in [5.74, 6) is -0.390. The number of rotatable bonds is 4. The zero-order chi connectivity index (χ0) is 16.0. The Balaban J connectivity index is 2.91. The minimum atomic E-state index is -0.617. The van der Waals surface area contributed by atoms with Gasteiger partial charge in [0.05, 0.1) is 13.5 Å². The van der Waals surface area contributed by atoms with Gasteiger partial charge in [0.15, 0.2) is 0 Å². The molecule has 0 aliphatic heterocycles. The molecule has 1 aromatic carbocycles. The highest BCUT2D eigenvalue weighted by Gasteiger charge is 2.24. The maximum absolute atomic E-state index is 12.3. The third-order valence-electron chi connectivity index (χ3n) is 2.59. The molecule has 1 amide bonds. The minimum Gasteiger partial charge on any atom is -0.469 e. The first-order valence-corrected chi connectivity index (χ1v) is 6.66. The molecular formula is C15H22N2O4. The number of nitrogens with two attached hydrogens (primary N) is 1. The van der Waals surface area contributed by atoms with Crippen molar-refractivity contribution in [1.82, 2.24) is 0 Å². The molecule has 0 atom stereocenters. The number of ether oxygens (including phenoxy) is 2. The van der Waals surface area contributed by atoms with Crippen molar-refractivity contribution in [1.29, 1.82) is 0 Å². The zero-order valence-electron chi connectivity index (χ0n) is 12.9. The summed E-state index contributed by atoms with van der Waals surface area (Å²) < 4.78 is 9.95. The predicted octanol–water partition coefficient (Wildman–Crippen LogP) is 2.57. The Morgan fingerprint density at radius 2 is 1.76 bits per heavy atom. The topological polar surface area (TPSA) is 81.9 Å². The van der Waals surface area contributed by atoms with Gasteiger partial charge in [-0.15, -0.1) is 0 Å². The average Bonchev–Trinajstić information content (AvgIpc) is 2.38. The van der Waals surface area contributed by atoms with Gasteiger partial charge in [-0.25, -0.2) is 4.79 Å². The number of hydrogen-bond acceptors (Lipinski definition) is 5. The van der Waals surface area contributed by atoms with Crippen molar-refractivity contribution < 1.29 is 19.1 Å². The molecular weight excluding hydrogens is 272 g/mol. The Morgan fingerprint density at radius 3 is 2.24 bits per heavy atom. The van der Waals surface area contributed by atoms with E-state index in [2.05, 4.69) is 4.74 Å². The van der Waals surface area contributed by atoms with Crippen LogP contribution >= 0.6 is 0 Å². The van der Waals surface area contributed by atoms with Crippen LogP contribution in [0.3, 0.4) is 0 Å². The summed E-state index contributed by atoms with van der Waals surface area (Å²) >= 11 is 0. The van der Waals surface area contributed by atoms with E-state index in [1.807, 2.05) is 0 Å². The first kappa shape index (κ1) is 16.8. The van der Waals surface area contributed by atoms with Crippen molar-refractivity contribution in [3.05, 3.63) is 24.3 Å². The molecule has 2 N–H and O–H groups in total. The summed E-state index contributed by atoms with van der Waals surface area (Å²) in [4.78, 5) is 24.9. The van der Waals surface area contributed by atoms with Gasteiger partial charge < -0.3 is 15.2 Å². The van der Waals surface area contributed by atoms with E-state index in [1.54, 1.807) is 45.0 Å². The van der Waals surface area contributed by atoms with Gasteiger partial charge in [0, 0.05) is 17.9 Å². The highest BCUT2D eigenvalue weighted by Crippen LogP contribution is 2.20. The first-order chi connectivity index (χ1) is 9.73. The third-order valence-corrected chi connectivity index (χ3v) is 2.59. The number of nitrogen functional groups attached to an aromatic ring is 1. The van der Waals surface area contributed by atoms with Crippen LogP contribution in [-0.4, -0.2) is 31.3 Å². The molecule has 21 heavy (non-hydrogen) atoms. The van der Waals surface area contributed by atoms with E-state index >= 15 is 0 Å². The third kappa shape index (κ3) is 5.72. The summed E-state index contributed by atoms with van der Waals surface area (Å²) in [5, 5.41) is 0. The van der Waals surface area contributed by atoms with Crippen LogP contribution in [0.5, 0.6) is 0 Å². The van der Waals surface area contributed by atoms with Gasteiger partial charge in [0.25, 0.3) is 0 Å². The number of benzene rings is 1. The van der Waals surface area contributed by atoms with E-state index in [9.17, 15) is 9.59 Å². The number of amides is 1. The van der Waals surface area contributed by atoms with E-state index in [-0.39, 0.29) is 18.9 Å². The SMILES string of the molecule is COC(=O)CCN(C(=O)OC(C)(C)C)c1ccc(N)cc1. The molecule has 0 bridgehead atoms. The Morgan fingerprint density at radius 1 is 1.19 bits per heavy atom. The molecule has 0 aliphatic carbocycles. The summed E-state index contributed by atoms with van der Waals surface area (Å²) in [7, 11) is 1.31. The Bertz CT molecular complexity index is 491. The Hall–Kier alpha value is -2.24. The van der Waals surface area contributed by atoms with E-state index in [0.717, 1.165) is 0 Å². The molecule has 0 saturated heterocycles. The van der Waals surface area contributed by atoms with E-state index < -0.39 is 11.7 Å². The van der Waals surface area contributed by atoms with Crippen molar-refractivity contribution >= 4 is 23.4 Å². The van der Waals surface area contributed by atoms with Gasteiger partial charge >= 0.3 is 12.1 Å². The van der Waals surface area contributed by atoms with Crippen LogP contribution in [-0.2, 0) is 14.3 Å². The molecule has 0 aromatic heterocycles. The molecule has 6 heteroatoms. The van der Waals surface area contributed by atoms with Gasteiger partial charge in [-0.05, 0) is 45.0 Å². The molecule has 0 heterocycles. The van der Waals surface area contributed by atoms with Gasteiger partial charge in [0.1, 0.15) is 5.60 Å². The Labute approximate surface area is 124 Å². The van der Waals surface area contributed by atoms with Crippen LogP contribution in [0, 0.1) is 0 Å². The average molecular weight is 294 g/mol. The van der Waals surface area contributed by atoms with Crippen LogP contribution in [0.2, 0.25) is 0 Å². The summed E-state index contributed by atoms with van der Waals surface area (Å²) in [6, 6.07) is 6.78. The number of carbonyl (C=O) groups is 2. The first-order valence-electron chi connectivity index (χ1n) is 6.66. The lowest BCUT2D eigenvalue weighted by atomic mass is 10.2. The molecule has 6 nitrogen and oxygen atoms in total. The van der Waals surface area contributed by atoms with Crippen molar-refractivity contribution in [2.75, 3.05) is 24.3 Å². The molecule has 0 unspecified atom stereocenters. The number of methoxy groups -OCH3 is 1. The zero-order valence-corrected chi connectivity index (χ0v) is 12.9. The minimum absolute atomic E-state index is 0.0835. The molecule has 0 fully saturated rings. The lowest BCUT2D eigenvalue weighted by molar-refractivity contribution is -0.140. The standard InChI is InChI=1S/C15H22N2O4/c1-15(2,3)21-14(19)17(10-9-13(18)20-4)12-7-5-11(16)6-8-12/h5-8H,9-10,16H2,1-4H3. The van der Waals surface area contributed by atoms with Crippen LogP contribution in [0.4, 0.5) is 16.2 Å². The molecule has 0 aliphatic rings. The summed E-state index contributed by atoms with van der Waals surface area (Å²) in [6.07, 6.45) is -0.434. The molecule has 1 aromatic rings. The fourth-order valence-corrected chi connectivity index (χ4v) is 1.60. The fourth-order valence-electron chi connectivity index (χ4n) is 1.60. The van der Waals surface area contributed by atoms with Crippen molar-refractivity contribution in [2.24, 2.45) is 0 Å². The van der Waals surface area contributed by atoms with Gasteiger partial charge in [-0.3, -0.25) is 9.69 Å². The maximum Gasteiger partial charge on any atom is 0.414 e. The number of nitrogens with zero attached hydrogens (tertiary/aromatic N) is 1. The predicted molar refractivity (Wildman–Crippen MR) is 81.1 cm³/mol. The maximum atomic E-state index is 12.3. The monoisotopic (exact) mass is 294 g/mol. The molecule has 0 spiro atoms. The van der Waals surface area contributed by atoms with Crippen LogP contribution < -0.4 is 10.6 Å².